The quantitative estimate of drug-likeness (QED) is 0.306. The van der Waals surface area contributed by atoms with Gasteiger partial charge in [-0.15, -0.1) is 11.6 Å². The summed E-state index contributed by atoms with van der Waals surface area (Å²) in [6, 6.07) is 5.09. The number of amides is 4. The zero-order chi connectivity index (χ0) is 26.1. The highest BCUT2D eigenvalue weighted by atomic mass is 35.5. The normalized spacial score (nSPS) is 18.7. The summed E-state index contributed by atoms with van der Waals surface area (Å²) in [7, 11) is 0. The fraction of sp³-hybridized carbons (Fsp3) is 0.542. The van der Waals surface area contributed by atoms with Gasteiger partial charge in [0, 0.05) is 6.54 Å². The molecule has 35 heavy (non-hydrogen) atoms. The molecule has 0 bridgehead atoms. The first-order valence-electron chi connectivity index (χ1n) is 11.6. The Morgan fingerprint density at radius 3 is 2.23 bits per heavy atom. The van der Waals surface area contributed by atoms with Crippen LogP contribution in [0.3, 0.4) is 0 Å². The van der Waals surface area contributed by atoms with E-state index in [0.717, 1.165) is 5.56 Å². The summed E-state index contributed by atoms with van der Waals surface area (Å²) in [5.74, 6) is -2.46. The first kappa shape index (κ1) is 28.3. The van der Waals surface area contributed by atoms with Gasteiger partial charge in [-0.05, 0) is 45.6 Å². The second kappa shape index (κ2) is 13.2. The minimum Gasteiger partial charge on any atom is -0.344 e. The van der Waals surface area contributed by atoms with Crippen LogP contribution in [0.4, 0.5) is 0 Å². The third-order valence-electron chi connectivity index (χ3n) is 5.85. The van der Waals surface area contributed by atoms with Crippen LogP contribution in [-0.2, 0) is 30.4 Å². The molecule has 1 aromatic carbocycles. The lowest BCUT2D eigenvalue weighted by Crippen LogP contribution is -2.57. The van der Waals surface area contributed by atoms with E-state index < -0.39 is 53.8 Å². The fourth-order valence-corrected chi connectivity index (χ4v) is 4.00. The molecule has 0 saturated carbocycles. The number of carbonyl (C=O) groups is 5. The Bertz CT molecular complexity index is 926. The number of halogens is 1. The van der Waals surface area contributed by atoms with Gasteiger partial charge in [-0.3, -0.25) is 24.0 Å². The number of carbonyl (C=O) groups excluding carboxylic acids is 5. The molecule has 5 atom stereocenters. The van der Waals surface area contributed by atoms with E-state index in [1.54, 1.807) is 0 Å². The minimum absolute atomic E-state index is 0.244. The van der Waals surface area contributed by atoms with Crippen molar-refractivity contribution in [2.75, 3.05) is 12.4 Å². The van der Waals surface area contributed by atoms with Crippen molar-refractivity contribution in [1.82, 2.24) is 20.9 Å². The number of alkyl halides is 1. The Balaban J connectivity index is 2.01. The second-order valence-corrected chi connectivity index (χ2v) is 9.06. The summed E-state index contributed by atoms with van der Waals surface area (Å²) >= 11 is 5.76. The number of nitrogens with two attached hydrogens (primary N) is 1. The third kappa shape index (κ3) is 8.03. The molecule has 1 aromatic rings. The Hall–Kier alpha value is -2.98. The number of nitrogens with one attached hydrogen (secondary N) is 3. The van der Waals surface area contributed by atoms with E-state index in [2.05, 4.69) is 16.0 Å². The lowest BCUT2D eigenvalue weighted by Gasteiger charge is -2.29. The number of likely N-dealkylation sites (tertiary alicyclic amines) is 1. The van der Waals surface area contributed by atoms with E-state index >= 15 is 0 Å². The Kier molecular flexibility index (Phi) is 10.7. The largest absolute Gasteiger partial charge is 0.344 e. The van der Waals surface area contributed by atoms with E-state index in [9.17, 15) is 24.0 Å². The highest BCUT2D eigenvalue weighted by molar-refractivity contribution is 6.28. The van der Waals surface area contributed by atoms with Crippen LogP contribution in [0.15, 0.2) is 30.3 Å². The number of hydrogen-bond acceptors (Lipinski definition) is 6. The maximum Gasteiger partial charge on any atom is 0.245 e. The molecule has 1 aliphatic rings. The number of hydrogen-bond donors (Lipinski definition) is 4. The molecule has 1 saturated heterocycles. The molecule has 11 heteroatoms. The van der Waals surface area contributed by atoms with Gasteiger partial charge in [0.2, 0.25) is 23.6 Å². The molecule has 5 unspecified atom stereocenters. The van der Waals surface area contributed by atoms with Crippen molar-refractivity contribution in [2.24, 2.45) is 5.73 Å². The summed E-state index contributed by atoms with van der Waals surface area (Å²) in [5.41, 5.74) is 6.37. The van der Waals surface area contributed by atoms with Crippen LogP contribution in [-0.4, -0.2) is 76.9 Å². The van der Waals surface area contributed by atoms with Gasteiger partial charge in [0.1, 0.15) is 18.1 Å². The monoisotopic (exact) mass is 507 g/mol. The van der Waals surface area contributed by atoms with Crippen molar-refractivity contribution >= 4 is 41.0 Å². The van der Waals surface area contributed by atoms with Crippen molar-refractivity contribution in [1.29, 1.82) is 0 Å². The summed E-state index contributed by atoms with van der Waals surface area (Å²) < 4.78 is 0. The zero-order valence-corrected chi connectivity index (χ0v) is 21.0. The third-order valence-corrected chi connectivity index (χ3v) is 6.12. The van der Waals surface area contributed by atoms with Crippen molar-refractivity contribution in [3.63, 3.8) is 0 Å². The first-order valence-corrected chi connectivity index (χ1v) is 12.2. The minimum atomic E-state index is -0.921. The van der Waals surface area contributed by atoms with Gasteiger partial charge in [-0.25, -0.2) is 0 Å². The molecular weight excluding hydrogens is 474 g/mol. The molecule has 4 amide bonds. The van der Waals surface area contributed by atoms with Gasteiger partial charge in [-0.2, -0.15) is 0 Å². The number of rotatable bonds is 11. The number of benzene rings is 1. The molecule has 2 rings (SSSR count). The summed E-state index contributed by atoms with van der Waals surface area (Å²) in [6.07, 6.45) is 1.33. The predicted molar refractivity (Wildman–Crippen MR) is 131 cm³/mol. The molecule has 1 fully saturated rings. The second-order valence-electron chi connectivity index (χ2n) is 8.79. The van der Waals surface area contributed by atoms with Crippen LogP contribution in [0.25, 0.3) is 0 Å². The molecule has 5 N–H and O–H groups in total. The average molecular weight is 508 g/mol. The topological polar surface area (TPSA) is 151 Å². The van der Waals surface area contributed by atoms with Gasteiger partial charge >= 0.3 is 0 Å². The van der Waals surface area contributed by atoms with Crippen LogP contribution in [0.1, 0.15) is 39.2 Å². The van der Waals surface area contributed by atoms with Crippen LogP contribution < -0.4 is 21.7 Å². The van der Waals surface area contributed by atoms with E-state index in [-0.39, 0.29) is 18.1 Å². The molecule has 0 aliphatic carbocycles. The van der Waals surface area contributed by atoms with Crippen LogP contribution >= 0.6 is 11.6 Å². The molecule has 192 valence electrons. The van der Waals surface area contributed by atoms with Gasteiger partial charge in [-0.1, -0.05) is 30.3 Å². The Labute approximate surface area is 210 Å². The molecule has 0 aromatic heterocycles. The maximum absolute atomic E-state index is 13.1. The van der Waals surface area contributed by atoms with Crippen molar-refractivity contribution < 1.29 is 24.0 Å². The summed E-state index contributed by atoms with van der Waals surface area (Å²) in [4.78, 5) is 64.0. The Morgan fingerprint density at radius 1 is 1.00 bits per heavy atom. The lowest BCUT2D eigenvalue weighted by molar-refractivity contribution is -0.141. The van der Waals surface area contributed by atoms with Crippen LogP contribution in [0.2, 0.25) is 0 Å². The standard InChI is InChI=1S/C24H34ClN5O5/c1-14(26)21(32)27-15(2)22(33)28-16(3)24(35)30-11-7-10-19(30)23(34)29-18(20(31)13-25)12-17-8-5-4-6-9-17/h4-6,8-9,14-16,18-19H,7,10-13,26H2,1-3H3,(H,27,32)(H,28,33)(H,29,34). The number of ketones is 1. The zero-order valence-electron chi connectivity index (χ0n) is 20.3. The van der Waals surface area contributed by atoms with E-state index in [0.29, 0.717) is 19.4 Å². The smallest absolute Gasteiger partial charge is 0.245 e. The number of nitrogens with zero attached hydrogens (tertiary/aromatic N) is 1. The van der Waals surface area contributed by atoms with E-state index in [1.165, 1.54) is 25.7 Å². The average Bonchev–Trinajstić information content (AvgIpc) is 3.33. The maximum atomic E-state index is 13.1. The Morgan fingerprint density at radius 2 is 1.63 bits per heavy atom. The van der Waals surface area contributed by atoms with E-state index in [4.69, 9.17) is 17.3 Å². The first-order chi connectivity index (χ1) is 16.5. The van der Waals surface area contributed by atoms with Gasteiger partial charge in [0.15, 0.2) is 5.78 Å². The molecular formula is C24H34ClN5O5. The molecule has 1 aliphatic heterocycles. The van der Waals surface area contributed by atoms with Crippen molar-refractivity contribution in [3.8, 4) is 0 Å². The predicted octanol–water partition coefficient (Wildman–Crippen LogP) is -0.131. The lowest BCUT2D eigenvalue weighted by atomic mass is 10.0. The SMILES string of the molecule is CC(N)C(=O)NC(C)C(=O)NC(C)C(=O)N1CCCC1C(=O)NC(Cc1ccccc1)C(=O)CCl. The number of Topliss-reactive ketones (excluding diaryl/α,β-unsaturated/α-hetero) is 1. The fourth-order valence-electron chi connectivity index (χ4n) is 3.82. The molecule has 10 nitrogen and oxygen atoms in total. The molecule has 0 radical (unpaired) electrons. The summed E-state index contributed by atoms with van der Waals surface area (Å²) in [6.45, 7) is 4.85. The van der Waals surface area contributed by atoms with Crippen LogP contribution in [0, 0.1) is 0 Å². The highest BCUT2D eigenvalue weighted by Gasteiger charge is 2.38. The van der Waals surface area contributed by atoms with Gasteiger partial charge in [0.25, 0.3) is 0 Å². The van der Waals surface area contributed by atoms with Crippen molar-refractivity contribution in [2.45, 2.75) is 70.2 Å². The highest BCUT2D eigenvalue weighted by Crippen LogP contribution is 2.19. The van der Waals surface area contributed by atoms with Gasteiger partial charge in [0.05, 0.1) is 18.0 Å². The van der Waals surface area contributed by atoms with Crippen molar-refractivity contribution in [3.05, 3.63) is 35.9 Å². The molecule has 1 heterocycles. The van der Waals surface area contributed by atoms with Crippen LogP contribution in [0.5, 0.6) is 0 Å². The summed E-state index contributed by atoms with van der Waals surface area (Å²) in [5, 5.41) is 7.80. The van der Waals surface area contributed by atoms with E-state index in [1.807, 2.05) is 30.3 Å². The van der Waals surface area contributed by atoms with Gasteiger partial charge < -0.3 is 26.6 Å². The molecule has 0 spiro atoms.